The first-order chi connectivity index (χ1) is 7.54. The molecule has 0 spiro atoms. The van der Waals surface area contributed by atoms with Crippen LogP contribution in [0.25, 0.3) is 0 Å². The highest BCUT2D eigenvalue weighted by atomic mass is 16.5. The number of aliphatic carboxylic acids is 1. The first kappa shape index (κ1) is 13.5. The number of carboxylic acid groups (broad SMARTS) is 1. The molecule has 94 valence electrons. The van der Waals surface area contributed by atoms with Gasteiger partial charge < -0.3 is 14.9 Å². The van der Waals surface area contributed by atoms with Crippen molar-refractivity contribution in [1.29, 1.82) is 0 Å². The Hall–Kier alpha value is -0.610. The summed E-state index contributed by atoms with van der Waals surface area (Å²) in [5, 5.41) is 18.5. The second-order valence-corrected chi connectivity index (χ2v) is 4.68. The molecule has 1 fully saturated rings. The molecule has 16 heavy (non-hydrogen) atoms. The third-order valence-electron chi connectivity index (χ3n) is 3.24. The molecule has 1 aliphatic heterocycles. The number of hydrogen-bond acceptors (Lipinski definition) is 3. The molecule has 0 aromatic heterocycles. The van der Waals surface area contributed by atoms with E-state index >= 15 is 0 Å². The monoisotopic (exact) mass is 230 g/mol. The van der Waals surface area contributed by atoms with Gasteiger partial charge in [0.1, 0.15) is 0 Å². The highest BCUT2D eigenvalue weighted by Crippen LogP contribution is 2.28. The molecule has 1 heterocycles. The fourth-order valence-corrected chi connectivity index (χ4v) is 2.19. The van der Waals surface area contributed by atoms with Gasteiger partial charge in [-0.1, -0.05) is 13.3 Å². The first-order valence-electron chi connectivity index (χ1n) is 6.11. The van der Waals surface area contributed by atoms with Gasteiger partial charge in [-0.15, -0.1) is 0 Å². The zero-order valence-corrected chi connectivity index (χ0v) is 10.1. The van der Waals surface area contributed by atoms with Crippen LogP contribution in [0, 0.1) is 5.92 Å². The van der Waals surface area contributed by atoms with Gasteiger partial charge in [-0.3, -0.25) is 4.79 Å². The lowest BCUT2D eigenvalue weighted by Gasteiger charge is -2.18. The van der Waals surface area contributed by atoms with Gasteiger partial charge >= 0.3 is 5.97 Å². The number of aliphatic hydroxyl groups excluding tert-OH is 1. The van der Waals surface area contributed by atoms with Crippen molar-refractivity contribution in [3.05, 3.63) is 0 Å². The van der Waals surface area contributed by atoms with Gasteiger partial charge in [0, 0.05) is 0 Å². The Morgan fingerprint density at radius 2 is 2.19 bits per heavy atom. The summed E-state index contributed by atoms with van der Waals surface area (Å²) < 4.78 is 5.66. The second-order valence-electron chi connectivity index (χ2n) is 4.68. The van der Waals surface area contributed by atoms with Gasteiger partial charge in [-0.2, -0.15) is 0 Å². The van der Waals surface area contributed by atoms with Crippen molar-refractivity contribution in [2.75, 3.05) is 0 Å². The van der Waals surface area contributed by atoms with Crippen LogP contribution < -0.4 is 0 Å². The summed E-state index contributed by atoms with van der Waals surface area (Å²) in [5.41, 5.74) is 0. The van der Waals surface area contributed by atoms with Crippen LogP contribution >= 0.6 is 0 Å². The number of carboxylic acids is 1. The van der Waals surface area contributed by atoms with Crippen molar-refractivity contribution in [1.82, 2.24) is 0 Å². The smallest absolute Gasteiger partial charge is 0.308 e. The molecule has 2 N–H and O–H groups in total. The Labute approximate surface area is 96.6 Å². The van der Waals surface area contributed by atoms with E-state index < -0.39 is 11.9 Å². The molecule has 4 heteroatoms. The minimum atomic E-state index is -0.806. The van der Waals surface area contributed by atoms with Crippen molar-refractivity contribution in [2.45, 2.75) is 64.3 Å². The summed E-state index contributed by atoms with van der Waals surface area (Å²) >= 11 is 0. The zero-order valence-electron chi connectivity index (χ0n) is 10.1. The van der Waals surface area contributed by atoms with Gasteiger partial charge in [0.25, 0.3) is 0 Å². The SMILES string of the molecule is CCC[C@H](O)C[C@@H]1CC[C@H]([C@H](C)C(=O)O)O1. The predicted octanol–water partition coefficient (Wildman–Crippen LogP) is 1.81. The number of aliphatic hydroxyl groups is 1. The molecule has 0 radical (unpaired) electrons. The summed E-state index contributed by atoms with van der Waals surface area (Å²) in [5.74, 6) is -1.26. The molecule has 0 aromatic carbocycles. The molecule has 0 bridgehead atoms. The van der Waals surface area contributed by atoms with Crippen LogP contribution in [0.5, 0.6) is 0 Å². The first-order valence-corrected chi connectivity index (χ1v) is 6.11. The van der Waals surface area contributed by atoms with Crippen LogP contribution in [0.2, 0.25) is 0 Å². The van der Waals surface area contributed by atoms with Crippen LogP contribution in [-0.4, -0.2) is 34.5 Å². The predicted molar refractivity (Wildman–Crippen MR) is 60.2 cm³/mol. The van der Waals surface area contributed by atoms with Crippen molar-refractivity contribution in [3.8, 4) is 0 Å². The number of rotatable bonds is 6. The van der Waals surface area contributed by atoms with E-state index in [1.807, 2.05) is 6.92 Å². The molecule has 0 unspecified atom stereocenters. The molecular formula is C12H22O4. The zero-order chi connectivity index (χ0) is 12.1. The minimum absolute atomic E-state index is 0.0355. The Kier molecular flexibility index (Phi) is 5.22. The molecule has 0 aromatic rings. The normalized spacial score (nSPS) is 28.9. The van der Waals surface area contributed by atoms with E-state index in [0.29, 0.717) is 6.42 Å². The van der Waals surface area contributed by atoms with Crippen LogP contribution in [0.4, 0.5) is 0 Å². The third kappa shape index (κ3) is 3.76. The molecular weight excluding hydrogens is 208 g/mol. The second kappa shape index (κ2) is 6.21. The molecule has 1 aliphatic rings. The van der Waals surface area contributed by atoms with Crippen molar-refractivity contribution >= 4 is 5.97 Å². The van der Waals surface area contributed by atoms with E-state index in [-0.39, 0.29) is 18.3 Å². The summed E-state index contributed by atoms with van der Waals surface area (Å²) in [6.45, 7) is 3.71. The largest absolute Gasteiger partial charge is 0.481 e. The molecule has 0 aliphatic carbocycles. The Morgan fingerprint density at radius 3 is 2.75 bits per heavy atom. The Bertz CT molecular complexity index is 229. The molecule has 1 rings (SSSR count). The molecule has 0 amide bonds. The van der Waals surface area contributed by atoms with E-state index in [0.717, 1.165) is 25.7 Å². The third-order valence-corrected chi connectivity index (χ3v) is 3.24. The summed E-state index contributed by atoms with van der Waals surface area (Å²) in [6, 6.07) is 0. The molecule has 4 nitrogen and oxygen atoms in total. The van der Waals surface area contributed by atoms with E-state index in [2.05, 4.69) is 0 Å². The van der Waals surface area contributed by atoms with Crippen molar-refractivity contribution in [3.63, 3.8) is 0 Å². The standard InChI is InChI=1S/C12H22O4/c1-3-4-9(13)7-10-5-6-11(16-10)8(2)12(14)15/h8-11,13H,3-7H2,1-2H3,(H,14,15)/t8-,9-,10-,11+/m0/s1. The molecule has 1 saturated heterocycles. The van der Waals surface area contributed by atoms with Gasteiger partial charge in [0.2, 0.25) is 0 Å². The number of carbonyl (C=O) groups is 1. The number of ether oxygens (including phenoxy) is 1. The molecule has 4 atom stereocenters. The fraction of sp³-hybridized carbons (Fsp3) is 0.917. The van der Waals surface area contributed by atoms with Crippen LogP contribution in [0.1, 0.15) is 46.0 Å². The summed E-state index contributed by atoms with van der Waals surface area (Å²) in [7, 11) is 0. The number of hydrogen-bond donors (Lipinski definition) is 2. The van der Waals surface area contributed by atoms with Crippen LogP contribution in [0.3, 0.4) is 0 Å². The average Bonchev–Trinajstić information content (AvgIpc) is 2.65. The maximum atomic E-state index is 10.8. The van der Waals surface area contributed by atoms with Crippen LogP contribution in [0.15, 0.2) is 0 Å². The Morgan fingerprint density at radius 1 is 1.50 bits per heavy atom. The highest BCUT2D eigenvalue weighted by Gasteiger charge is 2.33. The molecule has 0 saturated carbocycles. The summed E-state index contributed by atoms with van der Waals surface area (Å²) in [6.07, 6.45) is 3.58. The van der Waals surface area contributed by atoms with E-state index in [1.165, 1.54) is 0 Å². The average molecular weight is 230 g/mol. The Balaban J connectivity index is 2.32. The maximum absolute atomic E-state index is 10.8. The quantitative estimate of drug-likeness (QED) is 0.730. The van der Waals surface area contributed by atoms with E-state index in [1.54, 1.807) is 6.92 Å². The maximum Gasteiger partial charge on any atom is 0.308 e. The van der Waals surface area contributed by atoms with Gasteiger partial charge in [0.05, 0.1) is 24.2 Å². The van der Waals surface area contributed by atoms with Crippen molar-refractivity contribution < 1.29 is 19.7 Å². The lowest BCUT2D eigenvalue weighted by atomic mass is 10.0. The minimum Gasteiger partial charge on any atom is -0.481 e. The lowest BCUT2D eigenvalue weighted by Crippen LogP contribution is -2.26. The summed E-state index contributed by atoms with van der Waals surface area (Å²) in [4.78, 5) is 10.8. The van der Waals surface area contributed by atoms with Gasteiger partial charge in [-0.05, 0) is 32.6 Å². The van der Waals surface area contributed by atoms with E-state index in [4.69, 9.17) is 9.84 Å². The van der Waals surface area contributed by atoms with Crippen LogP contribution in [-0.2, 0) is 9.53 Å². The fourth-order valence-electron chi connectivity index (χ4n) is 2.19. The van der Waals surface area contributed by atoms with Crippen molar-refractivity contribution in [2.24, 2.45) is 5.92 Å². The highest BCUT2D eigenvalue weighted by molar-refractivity contribution is 5.70. The van der Waals surface area contributed by atoms with E-state index in [9.17, 15) is 9.90 Å². The van der Waals surface area contributed by atoms with Gasteiger partial charge in [-0.25, -0.2) is 0 Å². The van der Waals surface area contributed by atoms with Gasteiger partial charge in [0.15, 0.2) is 0 Å². The lowest BCUT2D eigenvalue weighted by molar-refractivity contribution is -0.146. The topological polar surface area (TPSA) is 66.8 Å².